The van der Waals surface area contributed by atoms with Gasteiger partial charge in [-0.2, -0.15) is 0 Å². The molecule has 0 aromatic rings. The fraction of sp³-hybridized carbons (Fsp3) is 0.767. The molecule has 4 rings (SSSR count). The van der Waals surface area contributed by atoms with Crippen molar-refractivity contribution in [2.24, 2.45) is 22.9 Å². The van der Waals surface area contributed by atoms with Crippen LogP contribution in [0.15, 0.2) is 0 Å². The molecule has 0 aliphatic carbocycles. The van der Waals surface area contributed by atoms with Gasteiger partial charge in [-0.25, -0.2) is 4.79 Å². The predicted molar refractivity (Wildman–Crippen MR) is 420 cm³/mol. The Balaban J connectivity index is 1.69. The largest absolute Gasteiger partial charge is 0.480 e. The van der Waals surface area contributed by atoms with E-state index in [1.54, 1.807) is 0 Å². The van der Waals surface area contributed by atoms with Crippen LogP contribution in [0.25, 0.3) is 0 Å². The average molecular weight is 1820 g/mol. The molecule has 14 amide bonds. The quantitative estimate of drug-likeness (QED) is 0.0252. The number of carbonyl (C=O) groups excluding carboxylic acids is 14. The minimum Gasteiger partial charge on any atom is -0.480 e. The zero-order valence-corrected chi connectivity index (χ0v) is 70.7. The number of nitrogens with one attached hydrogen (secondary N) is 12. The van der Waals surface area contributed by atoms with Crippen LogP contribution in [0.5, 0.6) is 0 Å². The number of nitrogens with two attached hydrogens (primary N) is 4. The molecule has 30 atom stereocenters. The number of primary amides is 2. The number of unbranched alkanes of at least 4 members (excludes halogenated alkanes) is 2. The smallest absolute Gasteiger partial charge is 0.326 e. The molecule has 4 saturated heterocycles. The molecule has 126 heavy (non-hydrogen) atoms. The SMILES string of the molecule is CC(=O)NC1C(OC2C(CO)OC(OC3C(CO)OC(OC4C(CO)OC(O)C(NC(C)=O)C4OC(C)C(=O)NC(C)C(=O)NC(CCC(=O)NC(CCCCN)C(=O)O)C(N)=O)C(NC(C)=O)C3O)C(NC(C)=O)C2OC(C)C(=O)NC(C)C(=O)NC(CCC(=O)NC(CCCCNC(=O)CC(N)C(=O)O)C(=O)NC(C)C(=O)O)C(N)=O)OC(CO)C(O)C1O. The van der Waals surface area contributed by atoms with E-state index in [-0.39, 0.29) is 38.8 Å². The van der Waals surface area contributed by atoms with Crippen LogP contribution in [0.3, 0.4) is 0 Å². The van der Waals surface area contributed by atoms with Crippen LogP contribution in [0.1, 0.15) is 133 Å². The van der Waals surface area contributed by atoms with Gasteiger partial charge in [0.2, 0.25) is 82.7 Å². The van der Waals surface area contributed by atoms with Gasteiger partial charge in [0.05, 0.1) is 32.8 Å². The Morgan fingerprint density at radius 3 is 1.21 bits per heavy atom. The molecule has 0 radical (unpaired) electrons. The monoisotopic (exact) mass is 1810 g/mol. The molecule has 4 heterocycles. The second-order valence-corrected chi connectivity index (χ2v) is 30.5. The van der Waals surface area contributed by atoms with Gasteiger partial charge in [-0.3, -0.25) is 76.7 Å². The molecule has 0 saturated carbocycles. The van der Waals surface area contributed by atoms with E-state index >= 15 is 0 Å². The number of hydrogen-bond acceptors (Lipinski definition) is 36. The summed E-state index contributed by atoms with van der Waals surface area (Å²) in [4.78, 5) is 220. The van der Waals surface area contributed by atoms with E-state index in [1.165, 1.54) is 0 Å². The number of ether oxygens (including phenoxy) is 9. The number of rotatable bonds is 52. The van der Waals surface area contributed by atoms with E-state index in [0.717, 1.165) is 62.3 Å². The maximum Gasteiger partial charge on any atom is 0.326 e. The number of carboxylic acids is 3. The zero-order chi connectivity index (χ0) is 95.0. The highest BCUT2D eigenvalue weighted by Gasteiger charge is 2.58. The summed E-state index contributed by atoms with van der Waals surface area (Å²) in [6.07, 6.45) is -37.1. The summed E-state index contributed by atoms with van der Waals surface area (Å²) < 4.78 is 55.8. The van der Waals surface area contributed by atoms with Crippen molar-refractivity contribution in [2.75, 3.05) is 39.5 Å². The van der Waals surface area contributed by atoms with Gasteiger partial charge in [-0.05, 0) is 92.5 Å². The van der Waals surface area contributed by atoms with Crippen molar-refractivity contribution in [3.05, 3.63) is 0 Å². The second-order valence-electron chi connectivity index (χ2n) is 30.5. The lowest BCUT2D eigenvalue weighted by Gasteiger charge is -2.52. The first-order chi connectivity index (χ1) is 59.1. The van der Waals surface area contributed by atoms with Gasteiger partial charge in [0.1, 0.15) is 158 Å². The maximum absolute atomic E-state index is 14.5. The van der Waals surface area contributed by atoms with E-state index in [1.807, 2.05) is 0 Å². The number of aliphatic hydroxyl groups excluding tert-OH is 8. The highest BCUT2D eigenvalue weighted by atomic mass is 16.8. The van der Waals surface area contributed by atoms with Crippen molar-refractivity contribution in [3.8, 4) is 0 Å². The summed E-state index contributed by atoms with van der Waals surface area (Å²) in [6.45, 7) is 5.21. The number of aliphatic hydroxyl groups is 8. The summed E-state index contributed by atoms with van der Waals surface area (Å²) >= 11 is 0. The van der Waals surface area contributed by atoms with Crippen LogP contribution in [0.4, 0.5) is 0 Å². The lowest BCUT2D eigenvalue weighted by molar-refractivity contribution is -0.365. The first-order valence-corrected chi connectivity index (χ1v) is 40.4. The molecular weight excluding hydrogens is 1690 g/mol. The topological polar surface area (TPSA) is 844 Å². The molecular formula is C73H122N16O37. The van der Waals surface area contributed by atoms with Crippen molar-refractivity contribution in [1.29, 1.82) is 0 Å². The Kier molecular flexibility index (Phi) is 45.2. The molecule has 31 N–H and O–H groups in total. The lowest BCUT2D eigenvalue weighted by atomic mass is 9.92. The van der Waals surface area contributed by atoms with Gasteiger partial charge in [0.25, 0.3) is 0 Å². The van der Waals surface area contributed by atoms with Gasteiger partial charge < -0.3 is 186 Å². The Morgan fingerprint density at radius 1 is 0.381 bits per heavy atom. The molecule has 4 aliphatic rings. The second kappa shape index (κ2) is 52.5. The number of carbonyl (C=O) groups is 17. The van der Waals surface area contributed by atoms with Crippen molar-refractivity contribution in [1.82, 2.24) is 63.8 Å². The summed E-state index contributed by atoms with van der Waals surface area (Å²) in [5.41, 5.74) is 22.1. The number of carboxylic acid groups (broad SMARTS) is 3. The Hall–Kier alpha value is -9.77. The van der Waals surface area contributed by atoms with Crippen LogP contribution >= 0.6 is 0 Å². The third kappa shape index (κ3) is 33.5. The fourth-order valence-corrected chi connectivity index (χ4v) is 13.5. The van der Waals surface area contributed by atoms with Gasteiger partial charge in [0, 0.05) is 47.1 Å². The highest BCUT2D eigenvalue weighted by Crippen LogP contribution is 2.37. The summed E-state index contributed by atoms with van der Waals surface area (Å²) in [6, 6.07) is -19.6. The van der Waals surface area contributed by atoms with Gasteiger partial charge in [0.15, 0.2) is 25.2 Å². The van der Waals surface area contributed by atoms with Crippen molar-refractivity contribution in [2.45, 2.75) is 316 Å². The van der Waals surface area contributed by atoms with Crippen molar-refractivity contribution < 1.29 is 180 Å². The van der Waals surface area contributed by atoms with E-state index in [4.69, 9.17) is 70.7 Å². The first-order valence-electron chi connectivity index (χ1n) is 40.4. The maximum atomic E-state index is 14.5. The normalized spacial score (nSPS) is 28.3. The van der Waals surface area contributed by atoms with Crippen LogP contribution in [0, 0.1) is 0 Å². The minimum absolute atomic E-state index is 0.0235. The van der Waals surface area contributed by atoms with Crippen LogP contribution in [-0.2, 0) is 124 Å². The molecule has 53 heteroatoms. The predicted octanol–water partition coefficient (Wildman–Crippen LogP) is -14.0. The Labute approximate surface area is 720 Å². The van der Waals surface area contributed by atoms with Crippen LogP contribution in [0.2, 0.25) is 0 Å². The molecule has 716 valence electrons. The van der Waals surface area contributed by atoms with E-state index in [2.05, 4.69) is 63.8 Å². The van der Waals surface area contributed by atoms with Crippen molar-refractivity contribution in [3.63, 3.8) is 0 Å². The molecule has 4 fully saturated rings. The van der Waals surface area contributed by atoms with Crippen LogP contribution in [-0.4, -0.2) is 379 Å². The first kappa shape index (κ1) is 109. The molecule has 30 unspecified atom stereocenters. The molecule has 53 nitrogen and oxygen atoms in total. The molecule has 0 aromatic heterocycles. The summed E-state index contributed by atoms with van der Waals surface area (Å²) in [7, 11) is 0. The molecule has 0 spiro atoms. The number of amides is 14. The van der Waals surface area contributed by atoms with Gasteiger partial charge in [-0.15, -0.1) is 0 Å². The Bertz CT molecular complexity index is 3710. The molecule has 0 bridgehead atoms. The van der Waals surface area contributed by atoms with Crippen molar-refractivity contribution >= 4 is 101 Å². The Morgan fingerprint density at radius 2 is 0.770 bits per heavy atom. The van der Waals surface area contributed by atoms with Gasteiger partial charge in [-0.1, -0.05) is 0 Å². The fourth-order valence-electron chi connectivity index (χ4n) is 13.5. The van der Waals surface area contributed by atoms with E-state index in [9.17, 15) is 133 Å². The van der Waals surface area contributed by atoms with E-state index in [0.29, 0.717) is 12.8 Å². The lowest BCUT2D eigenvalue weighted by Crippen LogP contribution is -2.72. The summed E-state index contributed by atoms with van der Waals surface area (Å²) in [5.74, 6) is -18.1. The third-order valence-corrected chi connectivity index (χ3v) is 20.3. The highest BCUT2D eigenvalue weighted by molar-refractivity contribution is 5.95. The number of aliphatic carboxylic acids is 3. The molecule has 4 aliphatic heterocycles. The number of hydrogen-bond donors (Lipinski definition) is 27. The van der Waals surface area contributed by atoms with E-state index < -0.39 is 342 Å². The van der Waals surface area contributed by atoms with Crippen LogP contribution < -0.4 is 86.7 Å². The van der Waals surface area contributed by atoms with Gasteiger partial charge >= 0.3 is 17.9 Å². The molecule has 0 aromatic carbocycles. The standard InChI is InChI=1S/C73H122N16O37/c1-27(62(106)89-38(61(77)105)17-19-46(99)87-40(69(115)116)15-10-12-20-74)79-64(108)30(4)118-58-50(84-34(8)96)70(117)120-43(25-92)56(58)125-72-49(83-33(7)95)54(103)55(42(24-91)122-72)124-73-51(85-35(9)97)59(57(44(26-93)123-73)126-71-48(82-32(6)94)53(102)52(101)41(23-90)121-71)119-31(5)65(109)80-28(2)63(107)88-37(60(76)104)16-18-45(98)86-39(66(110)81-29(3)67(111)112)14-11-13-21-78-47(100)22-36(75)68(113)114/h27-31,36-44,48-59,70-73,90-93,101-103,117H,10-26,74-75H2,1-9H3,(H2,76,104)(H2,77,105)(H,78,100)(H,79,108)(H,80,109)(H,81,110)(H,82,94)(H,83,95)(H,84,96)(H,85,97)(H,86,98)(H,87,99)(H,88,107)(H,89,106)(H,111,112)(H,113,114)(H,115,116). The zero-order valence-electron chi connectivity index (χ0n) is 70.7. The third-order valence-electron chi connectivity index (χ3n) is 20.3. The minimum atomic E-state index is -2.26. The summed E-state index contributed by atoms with van der Waals surface area (Å²) in [5, 5.41) is 146. The average Bonchev–Trinajstić information content (AvgIpc) is 0.750.